The lowest BCUT2D eigenvalue weighted by Crippen LogP contribution is -2.24. The van der Waals surface area contributed by atoms with Crippen molar-refractivity contribution in [1.29, 1.82) is 0 Å². The van der Waals surface area contributed by atoms with E-state index in [1.807, 2.05) is 42.5 Å². The SMILES string of the molecule is NS(=O)(=O)OC[C@@H]1C[C@@H](Nc2c(Cl)cnc3nc(-c4cccc5ccccc45)[nH]c23)C[C@@H]1O. The summed E-state index contributed by atoms with van der Waals surface area (Å²) in [6.45, 7) is -0.174. The van der Waals surface area contributed by atoms with E-state index < -0.39 is 16.4 Å². The number of hydrogen-bond acceptors (Lipinski definition) is 7. The van der Waals surface area contributed by atoms with Crippen LogP contribution >= 0.6 is 11.6 Å². The summed E-state index contributed by atoms with van der Waals surface area (Å²) in [7, 11) is -4.06. The van der Waals surface area contributed by atoms with Crippen LogP contribution < -0.4 is 10.5 Å². The first kappa shape index (κ1) is 22.1. The molecule has 0 saturated heterocycles. The van der Waals surface area contributed by atoms with Gasteiger partial charge in [-0.05, 0) is 23.6 Å². The molecule has 2 aromatic carbocycles. The highest BCUT2D eigenvalue weighted by Crippen LogP contribution is 2.36. The number of nitrogens with one attached hydrogen (secondary N) is 2. The number of nitrogens with two attached hydrogens (primary N) is 1. The number of pyridine rings is 1. The second-order valence-corrected chi connectivity index (χ2v) is 9.84. The number of rotatable bonds is 6. The minimum atomic E-state index is -4.06. The number of aliphatic hydroxyl groups is 1. The van der Waals surface area contributed by atoms with Gasteiger partial charge in [-0.2, -0.15) is 8.42 Å². The fourth-order valence-corrected chi connectivity index (χ4v) is 4.98. The summed E-state index contributed by atoms with van der Waals surface area (Å²) in [5.74, 6) is 0.301. The molecule has 0 bridgehead atoms. The van der Waals surface area contributed by atoms with Gasteiger partial charge in [-0.1, -0.05) is 54.1 Å². The molecule has 5 rings (SSSR count). The number of halogens is 1. The average Bonchev–Trinajstić information content (AvgIpc) is 3.36. The normalized spacial score (nSPS) is 21.1. The first-order valence-electron chi connectivity index (χ1n) is 10.4. The van der Waals surface area contributed by atoms with Gasteiger partial charge in [-0.25, -0.2) is 15.1 Å². The van der Waals surface area contributed by atoms with E-state index in [2.05, 4.69) is 24.5 Å². The number of anilines is 1. The summed E-state index contributed by atoms with van der Waals surface area (Å²) in [6, 6.07) is 13.9. The van der Waals surface area contributed by atoms with E-state index in [1.165, 1.54) is 6.20 Å². The number of fused-ring (bicyclic) bond motifs is 2. The highest BCUT2D eigenvalue weighted by atomic mass is 35.5. The minimum Gasteiger partial charge on any atom is -0.393 e. The second kappa shape index (κ2) is 8.54. The molecule has 1 saturated carbocycles. The molecule has 33 heavy (non-hydrogen) atoms. The van der Waals surface area contributed by atoms with E-state index in [9.17, 15) is 13.5 Å². The molecule has 1 aliphatic rings. The van der Waals surface area contributed by atoms with E-state index in [-0.39, 0.29) is 18.6 Å². The molecule has 2 aromatic heterocycles. The van der Waals surface area contributed by atoms with Gasteiger partial charge in [0.2, 0.25) is 0 Å². The molecule has 3 atom stereocenters. The average molecular weight is 488 g/mol. The van der Waals surface area contributed by atoms with E-state index >= 15 is 0 Å². The van der Waals surface area contributed by atoms with E-state index in [4.69, 9.17) is 16.7 Å². The van der Waals surface area contributed by atoms with Gasteiger partial charge in [0.15, 0.2) is 5.65 Å². The Bertz CT molecular complexity index is 1440. The van der Waals surface area contributed by atoms with Gasteiger partial charge in [-0.3, -0.25) is 4.18 Å². The summed E-state index contributed by atoms with van der Waals surface area (Å²) in [4.78, 5) is 12.4. The van der Waals surface area contributed by atoms with Crippen LogP contribution in [0.3, 0.4) is 0 Å². The highest BCUT2D eigenvalue weighted by Gasteiger charge is 2.34. The predicted molar refractivity (Wildman–Crippen MR) is 127 cm³/mol. The van der Waals surface area contributed by atoms with Crippen LogP contribution in [0, 0.1) is 5.92 Å². The lowest BCUT2D eigenvalue weighted by atomic mass is 10.0. The molecule has 1 aliphatic carbocycles. The summed E-state index contributed by atoms with van der Waals surface area (Å²) in [6.07, 6.45) is 1.70. The Labute approximate surface area is 195 Å². The van der Waals surface area contributed by atoms with E-state index in [0.717, 1.165) is 16.3 Å². The zero-order chi connectivity index (χ0) is 23.2. The lowest BCUT2D eigenvalue weighted by Gasteiger charge is -2.16. The maximum absolute atomic E-state index is 11.1. The number of aliphatic hydroxyl groups excluding tert-OH is 1. The zero-order valence-electron chi connectivity index (χ0n) is 17.4. The molecule has 0 radical (unpaired) electrons. The Morgan fingerprint density at radius 3 is 2.82 bits per heavy atom. The maximum Gasteiger partial charge on any atom is 0.333 e. The molecule has 0 amide bonds. The number of hydrogen-bond donors (Lipinski definition) is 4. The lowest BCUT2D eigenvalue weighted by molar-refractivity contribution is 0.101. The van der Waals surface area contributed by atoms with E-state index in [0.29, 0.717) is 40.5 Å². The molecule has 11 heteroatoms. The Kier molecular flexibility index (Phi) is 5.71. The quantitative estimate of drug-likeness (QED) is 0.327. The highest BCUT2D eigenvalue weighted by molar-refractivity contribution is 7.84. The van der Waals surface area contributed by atoms with Gasteiger partial charge in [-0.15, -0.1) is 0 Å². The molecular weight excluding hydrogens is 466 g/mol. The Morgan fingerprint density at radius 1 is 1.21 bits per heavy atom. The van der Waals surface area contributed by atoms with Crippen LogP contribution in [0.4, 0.5) is 5.69 Å². The van der Waals surface area contributed by atoms with Crippen molar-refractivity contribution in [2.24, 2.45) is 11.1 Å². The number of benzene rings is 2. The van der Waals surface area contributed by atoms with Crippen LogP contribution in [0.15, 0.2) is 48.7 Å². The first-order chi connectivity index (χ1) is 15.8. The predicted octanol–water partition coefficient (Wildman–Crippen LogP) is 3.20. The van der Waals surface area contributed by atoms with Crippen molar-refractivity contribution in [2.45, 2.75) is 25.0 Å². The van der Waals surface area contributed by atoms with Crippen molar-refractivity contribution in [3.8, 4) is 11.4 Å². The van der Waals surface area contributed by atoms with Crippen LogP contribution in [0.25, 0.3) is 33.3 Å². The van der Waals surface area contributed by atoms with Crippen molar-refractivity contribution in [3.05, 3.63) is 53.7 Å². The Balaban J connectivity index is 1.45. The Morgan fingerprint density at radius 2 is 2.00 bits per heavy atom. The van der Waals surface area contributed by atoms with Gasteiger partial charge in [0.05, 0.1) is 29.6 Å². The third-order valence-corrected chi connectivity index (χ3v) is 6.72. The standard InChI is InChI=1S/C22H22ClN5O4S/c23-17-10-25-22-20(19(17)26-14-8-13(18(29)9-14)11-32-33(24,30)31)27-21(28-22)16-7-3-5-12-4-1-2-6-15(12)16/h1-7,10,13-14,18,29H,8-9,11H2,(H2,24,30,31)(H2,25,26,27,28)/t13-,14+,18-/m0/s1. The first-order valence-corrected chi connectivity index (χ1v) is 12.3. The molecule has 2 heterocycles. The molecule has 0 unspecified atom stereocenters. The molecule has 4 aromatic rings. The summed E-state index contributed by atoms with van der Waals surface area (Å²) < 4.78 is 26.8. The molecule has 9 nitrogen and oxygen atoms in total. The molecule has 0 spiro atoms. The van der Waals surface area contributed by atoms with Crippen LogP contribution in [0.2, 0.25) is 5.02 Å². The van der Waals surface area contributed by atoms with Crippen molar-refractivity contribution < 1.29 is 17.7 Å². The number of nitrogens with zero attached hydrogens (tertiary/aromatic N) is 2. The van der Waals surface area contributed by atoms with Crippen LogP contribution in [0.1, 0.15) is 12.8 Å². The summed E-state index contributed by atoms with van der Waals surface area (Å²) in [5.41, 5.74) is 2.75. The number of imidazole rings is 1. The van der Waals surface area contributed by atoms with Crippen molar-refractivity contribution >= 4 is 49.5 Å². The largest absolute Gasteiger partial charge is 0.393 e. The molecule has 5 N–H and O–H groups in total. The molecule has 1 fully saturated rings. The smallest absolute Gasteiger partial charge is 0.333 e. The third-order valence-electron chi connectivity index (χ3n) is 5.97. The second-order valence-electron chi connectivity index (χ2n) is 8.21. The van der Waals surface area contributed by atoms with Gasteiger partial charge in [0.1, 0.15) is 11.3 Å². The Hall–Kier alpha value is -2.76. The number of H-pyrrole nitrogens is 1. The fourth-order valence-electron chi connectivity index (χ4n) is 4.42. The van der Waals surface area contributed by atoms with Gasteiger partial charge < -0.3 is 15.4 Å². The number of aromatic nitrogens is 3. The summed E-state index contributed by atoms with van der Waals surface area (Å²) >= 11 is 6.47. The fraction of sp³-hybridized carbons (Fsp3) is 0.273. The minimum absolute atomic E-state index is 0.151. The van der Waals surface area contributed by atoms with Gasteiger partial charge in [0, 0.05) is 17.5 Å². The monoisotopic (exact) mass is 487 g/mol. The number of aromatic amines is 1. The topological polar surface area (TPSA) is 143 Å². The van der Waals surface area contributed by atoms with Gasteiger partial charge >= 0.3 is 10.3 Å². The molecule has 0 aliphatic heterocycles. The maximum atomic E-state index is 11.1. The summed E-state index contributed by atoms with van der Waals surface area (Å²) in [5, 5.41) is 21.2. The van der Waals surface area contributed by atoms with Crippen molar-refractivity contribution in [1.82, 2.24) is 15.0 Å². The zero-order valence-corrected chi connectivity index (χ0v) is 19.0. The van der Waals surface area contributed by atoms with E-state index in [1.54, 1.807) is 0 Å². The molecular formula is C22H22ClN5O4S. The van der Waals surface area contributed by atoms with Crippen molar-refractivity contribution in [3.63, 3.8) is 0 Å². The van der Waals surface area contributed by atoms with Crippen LogP contribution in [-0.4, -0.2) is 47.2 Å². The van der Waals surface area contributed by atoms with Gasteiger partial charge in [0.25, 0.3) is 0 Å². The van der Waals surface area contributed by atoms with Crippen LogP contribution in [0.5, 0.6) is 0 Å². The van der Waals surface area contributed by atoms with Crippen LogP contribution in [-0.2, 0) is 14.5 Å². The van der Waals surface area contributed by atoms with Crippen molar-refractivity contribution in [2.75, 3.05) is 11.9 Å². The third kappa shape index (κ3) is 4.53. The molecule has 172 valence electrons.